The summed E-state index contributed by atoms with van der Waals surface area (Å²) in [6.45, 7) is 7.21. The zero-order valence-electron chi connectivity index (χ0n) is 20.8. The molecule has 2 aromatic carbocycles. The fourth-order valence-electron chi connectivity index (χ4n) is 3.41. The highest BCUT2D eigenvalue weighted by Crippen LogP contribution is 2.22. The van der Waals surface area contributed by atoms with Crippen molar-refractivity contribution >= 4 is 23.8 Å². The van der Waals surface area contributed by atoms with Crippen LogP contribution in [-0.4, -0.2) is 47.4 Å². The Labute approximate surface area is 206 Å². The fraction of sp³-hybridized carbons (Fsp3) is 0.385. The van der Waals surface area contributed by atoms with Gasteiger partial charge in [-0.2, -0.15) is 0 Å². The second-order valence-electron chi connectivity index (χ2n) is 9.34. The van der Waals surface area contributed by atoms with E-state index in [0.717, 1.165) is 11.1 Å². The Balaban J connectivity index is 2.30. The van der Waals surface area contributed by atoms with E-state index < -0.39 is 47.9 Å². The van der Waals surface area contributed by atoms with Crippen LogP contribution < -0.4 is 16.4 Å². The van der Waals surface area contributed by atoms with Crippen molar-refractivity contribution < 1.29 is 23.9 Å². The van der Waals surface area contributed by atoms with Gasteiger partial charge in [-0.15, -0.1) is 0 Å². The number of nitrogens with zero attached hydrogens (tertiary/aromatic N) is 1. The predicted octanol–water partition coefficient (Wildman–Crippen LogP) is 2.58. The Morgan fingerprint density at radius 2 is 1.60 bits per heavy atom. The monoisotopic (exact) mass is 482 g/mol. The highest BCUT2D eigenvalue weighted by Gasteiger charge is 2.34. The van der Waals surface area contributed by atoms with Crippen LogP contribution in [0, 0.1) is 6.92 Å². The Morgan fingerprint density at radius 1 is 1.00 bits per heavy atom. The lowest BCUT2D eigenvalue weighted by Gasteiger charge is -2.31. The number of rotatable bonds is 9. The molecule has 188 valence electrons. The van der Waals surface area contributed by atoms with E-state index in [2.05, 4.69) is 10.6 Å². The number of carbonyl (C=O) groups is 4. The number of alkyl carbamates (subject to hydrolysis) is 1. The van der Waals surface area contributed by atoms with Gasteiger partial charge in [0.2, 0.25) is 17.7 Å². The van der Waals surface area contributed by atoms with Crippen molar-refractivity contribution in [2.24, 2.45) is 5.73 Å². The lowest BCUT2D eigenvalue weighted by atomic mass is 10.0. The molecule has 4 amide bonds. The average Bonchev–Trinajstić information content (AvgIpc) is 2.77. The number of aryl methyl sites for hydroxylation is 1. The number of ether oxygens (including phenoxy) is 1. The smallest absolute Gasteiger partial charge is 0.408 e. The summed E-state index contributed by atoms with van der Waals surface area (Å²) in [4.78, 5) is 51.9. The first kappa shape index (κ1) is 27.4. The van der Waals surface area contributed by atoms with Crippen molar-refractivity contribution in [3.8, 4) is 0 Å². The summed E-state index contributed by atoms with van der Waals surface area (Å²) in [6, 6.07) is 14.3. The SMILES string of the molecule is Cc1ccc(C(C(=O)NCc2ccccc2)N(C)C(=O)C(CC(N)=O)NC(=O)OC(C)(C)C)cc1. The van der Waals surface area contributed by atoms with E-state index in [-0.39, 0.29) is 6.54 Å². The summed E-state index contributed by atoms with van der Waals surface area (Å²) < 4.78 is 5.22. The van der Waals surface area contributed by atoms with Crippen molar-refractivity contribution in [3.63, 3.8) is 0 Å². The Kier molecular flexibility index (Phi) is 9.39. The maximum atomic E-state index is 13.4. The van der Waals surface area contributed by atoms with E-state index in [1.165, 1.54) is 11.9 Å². The number of primary amides is 1. The van der Waals surface area contributed by atoms with Gasteiger partial charge >= 0.3 is 6.09 Å². The number of likely N-dealkylation sites (N-methyl/N-ethyl adjacent to an activating group) is 1. The first-order valence-corrected chi connectivity index (χ1v) is 11.3. The predicted molar refractivity (Wildman–Crippen MR) is 132 cm³/mol. The molecule has 9 nitrogen and oxygen atoms in total. The van der Waals surface area contributed by atoms with E-state index in [1.807, 2.05) is 49.4 Å². The third-order valence-electron chi connectivity index (χ3n) is 5.08. The Morgan fingerprint density at radius 3 is 2.14 bits per heavy atom. The van der Waals surface area contributed by atoms with Gasteiger partial charge in [-0.05, 0) is 38.8 Å². The quantitative estimate of drug-likeness (QED) is 0.506. The highest BCUT2D eigenvalue weighted by molar-refractivity contribution is 5.94. The van der Waals surface area contributed by atoms with Gasteiger partial charge in [0, 0.05) is 13.6 Å². The van der Waals surface area contributed by atoms with Gasteiger partial charge in [0.1, 0.15) is 17.7 Å². The van der Waals surface area contributed by atoms with Gasteiger partial charge in [-0.25, -0.2) is 4.79 Å². The van der Waals surface area contributed by atoms with E-state index in [9.17, 15) is 19.2 Å². The summed E-state index contributed by atoms with van der Waals surface area (Å²) in [6.07, 6.45) is -1.32. The van der Waals surface area contributed by atoms with Crippen LogP contribution in [0.2, 0.25) is 0 Å². The van der Waals surface area contributed by atoms with Crippen LogP contribution in [0.5, 0.6) is 0 Å². The third-order valence-corrected chi connectivity index (χ3v) is 5.08. The fourth-order valence-corrected chi connectivity index (χ4v) is 3.41. The van der Waals surface area contributed by atoms with Crippen molar-refractivity contribution in [2.45, 2.75) is 58.3 Å². The molecule has 0 heterocycles. The Hall–Kier alpha value is -3.88. The van der Waals surface area contributed by atoms with Crippen molar-refractivity contribution in [1.29, 1.82) is 0 Å². The molecular weight excluding hydrogens is 448 g/mol. The summed E-state index contributed by atoms with van der Waals surface area (Å²) in [5, 5.41) is 5.28. The lowest BCUT2D eigenvalue weighted by molar-refractivity contribution is -0.141. The van der Waals surface area contributed by atoms with Crippen LogP contribution in [0.3, 0.4) is 0 Å². The Bertz CT molecular complexity index is 1030. The van der Waals surface area contributed by atoms with E-state index in [1.54, 1.807) is 32.9 Å². The van der Waals surface area contributed by atoms with Crippen LogP contribution in [-0.2, 0) is 25.7 Å². The second-order valence-corrected chi connectivity index (χ2v) is 9.34. The van der Waals surface area contributed by atoms with Crippen LogP contribution in [0.4, 0.5) is 4.79 Å². The normalized spacial score (nSPS) is 12.7. The standard InChI is InChI=1S/C26H34N4O5/c1-17-11-13-19(14-12-17)22(23(32)28-16-18-9-7-6-8-10-18)30(5)24(33)20(15-21(27)31)29-25(34)35-26(2,3)4/h6-14,20,22H,15-16H2,1-5H3,(H2,27,31)(H,28,32)(H,29,34). The molecule has 2 atom stereocenters. The van der Waals surface area contributed by atoms with Crippen LogP contribution in [0.15, 0.2) is 54.6 Å². The maximum absolute atomic E-state index is 13.4. The number of carbonyl (C=O) groups excluding carboxylic acids is 4. The van der Waals surface area contributed by atoms with Crippen molar-refractivity contribution in [3.05, 3.63) is 71.3 Å². The molecule has 0 saturated heterocycles. The first-order valence-electron chi connectivity index (χ1n) is 11.3. The molecule has 0 aliphatic rings. The lowest BCUT2D eigenvalue weighted by Crippen LogP contribution is -2.52. The average molecular weight is 483 g/mol. The largest absolute Gasteiger partial charge is 0.444 e. The first-order chi connectivity index (χ1) is 16.4. The molecule has 0 aliphatic carbocycles. The molecule has 4 N–H and O–H groups in total. The minimum Gasteiger partial charge on any atom is -0.444 e. The summed E-state index contributed by atoms with van der Waals surface area (Å²) >= 11 is 0. The number of hydrogen-bond donors (Lipinski definition) is 3. The highest BCUT2D eigenvalue weighted by atomic mass is 16.6. The van der Waals surface area contributed by atoms with E-state index in [0.29, 0.717) is 5.56 Å². The van der Waals surface area contributed by atoms with Gasteiger partial charge in [-0.1, -0.05) is 60.2 Å². The molecule has 0 saturated carbocycles. The number of nitrogens with one attached hydrogen (secondary N) is 2. The van der Waals surface area contributed by atoms with Gasteiger partial charge in [0.25, 0.3) is 0 Å². The molecule has 9 heteroatoms. The van der Waals surface area contributed by atoms with Gasteiger partial charge in [0.15, 0.2) is 0 Å². The second kappa shape index (κ2) is 12.0. The minimum absolute atomic E-state index is 0.269. The molecule has 0 bridgehead atoms. The molecule has 35 heavy (non-hydrogen) atoms. The minimum atomic E-state index is -1.30. The van der Waals surface area contributed by atoms with Gasteiger partial charge < -0.3 is 26.0 Å². The molecule has 2 aromatic rings. The molecule has 2 unspecified atom stereocenters. The van der Waals surface area contributed by atoms with Crippen LogP contribution >= 0.6 is 0 Å². The van der Waals surface area contributed by atoms with E-state index in [4.69, 9.17) is 10.5 Å². The molecule has 2 rings (SSSR count). The zero-order valence-corrected chi connectivity index (χ0v) is 20.8. The molecule has 0 aromatic heterocycles. The number of amides is 4. The molecular formula is C26H34N4O5. The summed E-state index contributed by atoms with van der Waals surface area (Å²) in [5.41, 5.74) is 6.99. The van der Waals surface area contributed by atoms with E-state index >= 15 is 0 Å². The van der Waals surface area contributed by atoms with Crippen LogP contribution in [0.1, 0.15) is 49.9 Å². The summed E-state index contributed by atoms with van der Waals surface area (Å²) in [7, 11) is 1.44. The maximum Gasteiger partial charge on any atom is 0.408 e. The molecule has 0 aliphatic heterocycles. The third kappa shape index (κ3) is 8.77. The van der Waals surface area contributed by atoms with Crippen LogP contribution in [0.25, 0.3) is 0 Å². The topological polar surface area (TPSA) is 131 Å². The number of nitrogens with two attached hydrogens (primary N) is 1. The molecule has 0 fully saturated rings. The molecule has 0 radical (unpaired) electrons. The number of benzene rings is 2. The zero-order chi connectivity index (χ0) is 26.2. The summed E-state index contributed by atoms with van der Waals surface area (Å²) in [5.74, 6) is -1.85. The van der Waals surface area contributed by atoms with Crippen molar-refractivity contribution in [2.75, 3.05) is 7.05 Å². The van der Waals surface area contributed by atoms with Gasteiger partial charge in [0.05, 0.1) is 6.42 Å². The van der Waals surface area contributed by atoms with Gasteiger partial charge in [-0.3, -0.25) is 14.4 Å². The molecule has 0 spiro atoms. The van der Waals surface area contributed by atoms with Crippen molar-refractivity contribution in [1.82, 2.24) is 15.5 Å². The number of hydrogen-bond acceptors (Lipinski definition) is 5.